The smallest absolute Gasteiger partial charge is 0.259 e. The molecule has 0 bridgehead atoms. The van der Waals surface area contributed by atoms with Crippen LogP contribution in [-0.2, 0) is 11.2 Å². The molecule has 1 saturated carbocycles. The van der Waals surface area contributed by atoms with E-state index in [4.69, 9.17) is 4.74 Å². The van der Waals surface area contributed by atoms with Gasteiger partial charge in [-0.15, -0.1) is 0 Å². The molecule has 0 radical (unpaired) electrons. The summed E-state index contributed by atoms with van der Waals surface area (Å²) >= 11 is 0. The highest BCUT2D eigenvalue weighted by molar-refractivity contribution is 5.97. The number of aliphatic hydroxyl groups excluding tert-OH is 1. The molecule has 3 heterocycles. The summed E-state index contributed by atoms with van der Waals surface area (Å²) in [5, 5.41) is 20.5. The number of amides is 2. The zero-order chi connectivity index (χ0) is 27.3. The number of carbonyl (C=O) groups is 2. The fraction of sp³-hybridized carbons (Fsp3) is 0.517. The van der Waals surface area contributed by atoms with Gasteiger partial charge in [0.1, 0.15) is 17.3 Å². The Morgan fingerprint density at radius 3 is 2.71 bits per heavy atom. The van der Waals surface area contributed by atoms with Crippen molar-refractivity contribution < 1.29 is 24.5 Å². The summed E-state index contributed by atoms with van der Waals surface area (Å²) in [6.07, 6.45) is 7.81. The topological polar surface area (TPSA) is 116 Å². The summed E-state index contributed by atoms with van der Waals surface area (Å²) in [5.41, 5.74) is 0.626. The molecule has 202 valence electrons. The molecule has 0 unspecified atom stereocenters. The number of nitrogens with zero attached hydrogens (tertiary/aromatic N) is 4. The van der Waals surface area contributed by atoms with E-state index in [0.717, 1.165) is 18.4 Å². The van der Waals surface area contributed by atoms with E-state index in [9.17, 15) is 19.8 Å². The van der Waals surface area contributed by atoms with Crippen molar-refractivity contribution in [2.75, 3.05) is 26.7 Å². The first-order chi connectivity index (χ1) is 18.2. The van der Waals surface area contributed by atoms with E-state index < -0.39 is 17.7 Å². The van der Waals surface area contributed by atoms with Crippen molar-refractivity contribution in [1.82, 2.24) is 19.8 Å². The molecule has 0 spiro atoms. The van der Waals surface area contributed by atoms with Crippen LogP contribution in [0.3, 0.4) is 0 Å². The Bertz CT molecular complexity index is 1200. The standard InChI is InChI=1S/C29H36N4O5/c1-20-17-33(21(2)19-34)28(36)24-14-23(6-11-29(37)9-4-5-10-29)16-31-27(24)38-25(20)18-32(3)26(35)15-22-7-12-30-13-8-22/h7-8,12-14,16,20-21,25,34,37H,4-5,9-10,15,17-19H2,1-3H3/t20-,21+,25+/m0/s1. The van der Waals surface area contributed by atoms with E-state index in [2.05, 4.69) is 21.8 Å². The van der Waals surface area contributed by atoms with Gasteiger partial charge in [-0.3, -0.25) is 14.6 Å². The van der Waals surface area contributed by atoms with Crippen LogP contribution in [0, 0.1) is 17.8 Å². The van der Waals surface area contributed by atoms with Crippen LogP contribution in [0.5, 0.6) is 5.88 Å². The number of pyridine rings is 2. The van der Waals surface area contributed by atoms with Crippen molar-refractivity contribution in [2.45, 2.75) is 63.7 Å². The van der Waals surface area contributed by atoms with Gasteiger partial charge in [-0.25, -0.2) is 4.98 Å². The molecule has 2 aromatic heterocycles. The fourth-order valence-corrected chi connectivity index (χ4v) is 4.84. The molecule has 2 aromatic rings. The van der Waals surface area contributed by atoms with Gasteiger partial charge in [0.2, 0.25) is 11.8 Å². The zero-order valence-corrected chi connectivity index (χ0v) is 22.3. The summed E-state index contributed by atoms with van der Waals surface area (Å²) < 4.78 is 6.28. The summed E-state index contributed by atoms with van der Waals surface area (Å²) in [6.45, 7) is 4.20. The van der Waals surface area contributed by atoms with Crippen LogP contribution in [0.4, 0.5) is 0 Å². The number of fused-ring (bicyclic) bond motifs is 1. The van der Waals surface area contributed by atoms with Crippen LogP contribution < -0.4 is 4.74 Å². The number of aromatic nitrogens is 2. The van der Waals surface area contributed by atoms with Crippen LogP contribution in [0.15, 0.2) is 36.8 Å². The Morgan fingerprint density at radius 2 is 2.03 bits per heavy atom. The molecule has 2 N–H and O–H groups in total. The number of rotatable bonds is 6. The first kappa shape index (κ1) is 27.6. The van der Waals surface area contributed by atoms with E-state index in [1.165, 1.54) is 0 Å². The molecule has 2 amide bonds. The van der Waals surface area contributed by atoms with Crippen molar-refractivity contribution in [2.24, 2.45) is 5.92 Å². The second-order valence-corrected chi connectivity index (χ2v) is 10.5. The molecule has 0 aromatic carbocycles. The van der Waals surface area contributed by atoms with Crippen molar-refractivity contribution in [3.05, 3.63) is 53.5 Å². The van der Waals surface area contributed by atoms with Crippen LogP contribution in [0.25, 0.3) is 0 Å². The zero-order valence-electron chi connectivity index (χ0n) is 22.3. The second-order valence-electron chi connectivity index (χ2n) is 10.5. The lowest BCUT2D eigenvalue weighted by atomic mass is 9.99. The van der Waals surface area contributed by atoms with Crippen molar-refractivity contribution in [3.63, 3.8) is 0 Å². The Hall–Kier alpha value is -3.48. The quantitative estimate of drug-likeness (QED) is 0.560. The van der Waals surface area contributed by atoms with Crippen LogP contribution in [-0.4, -0.2) is 86.3 Å². The van der Waals surface area contributed by atoms with Gasteiger partial charge >= 0.3 is 0 Å². The minimum atomic E-state index is -1.00. The molecule has 0 saturated heterocycles. The molecule has 2 aliphatic rings. The maximum absolute atomic E-state index is 13.6. The Labute approximate surface area is 223 Å². The summed E-state index contributed by atoms with van der Waals surface area (Å²) in [7, 11) is 1.73. The number of ether oxygens (including phenoxy) is 1. The van der Waals surface area contributed by atoms with Crippen LogP contribution in [0.2, 0.25) is 0 Å². The van der Waals surface area contributed by atoms with E-state index in [-0.39, 0.29) is 42.2 Å². The van der Waals surface area contributed by atoms with E-state index in [1.807, 2.05) is 19.1 Å². The van der Waals surface area contributed by atoms with Crippen molar-refractivity contribution in [3.8, 4) is 17.7 Å². The average molecular weight is 521 g/mol. The van der Waals surface area contributed by atoms with Crippen LogP contribution >= 0.6 is 0 Å². The van der Waals surface area contributed by atoms with Gasteiger partial charge in [-0.05, 0) is 56.4 Å². The van der Waals surface area contributed by atoms with Gasteiger partial charge in [0.15, 0.2) is 0 Å². The molecular formula is C29H36N4O5. The van der Waals surface area contributed by atoms with Gasteiger partial charge in [0, 0.05) is 43.7 Å². The molecule has 9 heteroatoms. The van der Waals surface area contributed by atoms with Crippen molar-refractivity contribution >= 4 is 11.8 Å². The minimum Gasteiger partial charge on any atom is -0.472 e. The largest absolute Gasteiger partial charge is 0.472 e. The lowest BCUT2D eigenvalue weighted by Crippen LogP contribution is -2.50. The number of carbonyl (C=O) groups excluding carboxylic acids is 2. The normalized spacial score (nSPS) is 21.3. The SMILES string of the molecule is C[C@H](CO)N1C[C@H](C)[C@@H](CN(C)C(=O)Cc2ccncc2)Oc2ncc(C#CC3(O)CCCC3)cc2C1=O. The average Bonchev–Trinajstić information content (AvgIpc) is 3.36. The number of hydrogen-bond acceptors (Lipinski definition) is 7. The Balaban J connectivity index is 1.60. The van der Waals surface area contributed by atoms with Gasteiger partial charge in [0.25, 0.3) is 5.91 Å². The maximum atomic E-state index is 13.6. The molecule has 3 atom stereocenters. The monoisotopic (exact) mass is 520 g/mol. The van der Waals surface area contributed by atoms with Gasteiger partial charge in [-0.2, -0.15) is 0 Å². The molecule has 4 rings (SSSR count). The Morgan fingerprint density at radius 1 is 1.32 bits per heavy atom. The Kier molecular flexibility index (Phi) is 8.65. The number of hydrogen-bond donors (Lipinski definition) is 2. The van der Waals surface area contributed by atoms with E-state index in [1.54, 1.807) is 48.4 Å². The van der Waals surface area contributed by atoms with E-state index >= 15 is 0 Å². The molecule has 1 fully saturated rings. The highest BCUT2D eigenvalue weighted by atomic mass is 16.5. The highest BCUT2D eigenvalue weighted by Gasteiger charge is 2.35. The van der Waals surface area contributed by atoms with Crippen LogP contribution in [0.1, 0.15) is 61.0 Å². The lowest BCUT2D eigenvalue weighted by Gasteiger charge is -2.37. The third-order valence-corrected chi connectivity index (χ3v) is 7.38. The predicted molar refractivity (Wildman–Crippen MR) is 141 cm³/mol. The first-order valence-corrected chi connectivity index (χ1v) is 13.2. The summed E-state index contributed by atoms with van der Waals surface area (Å²) in [6, 6.07) is 4.84. The predicted octanol–water partition coefficient (Wildman–Crippen LogP) is 2.05. The highest BCUT2D eigenvalue weighted by Crippen LogP contribution is 2.30. The lowest BCUT2D eigenvalue weighted by molar-refractivity contribution is -0.130. The first-order valence-electron chi connectivity index (χ1n) is 13.2. The van der Waals surface area contributed by atoms with Gasteiger partial charge in [0.05, 0.1) is 25.6 Å². The van der Waals surface area contributed by atoms with Crippen molar-refractivity contribution in [1.29, 1.82) is 0 Å². The molecular weight excluding hydrogens is 484 g/mol. The number of likely N-dealkylation sites (N-methyl/N-ethyl adjacent to an activating group) is 1. The van der Waals surface area contributed by atoms with Gasteiger partial charge < -0.3 is 24.7 Å². The van der Waals surface area contributed by atoms with Gasteiger partial charge in [-0.1, -0.05) is 18.8 Å². The van der Waals surface area contributed by atoms with E-state index in [0.29, 0.717) is 31.5 Å². The molecule has 38 heavy (non-hydrogen) atoms. The maximum Gasteiger partial charge on any atom is 0.259 e. The molecule has 9 nitrogen and oxygen atoms in total. The summed E-state index contributed by atoms with van der Waals surface area (Å²) in [5.74, 6) is 5.60. The third kappa shape index (κ3) is 6.50. The minimum absolute atomic E-state index is 0.0608. The molecule has 1 aliphatic heterocycles. The second kappa shape index (κ2) is 11.9. The molecule has 1 aliphatic carbocycles. The number of aliphatic hydroxyl groups is 2. The third-order valence-electron chi connectivity index (χ3n) is 7.38. The summed E-state index contributed by atoms with van der Waals surface area (Å²) in [4.78, 5) is 38.2. The fourth-order valence-electron chi connectivity index (χ4n) is 4.84.